The largest absolute Gasteiger partial charge is 0.449 e. The predicted molar refractivity (Wildman–Crippen MR) is 95.1 cm³/mol. The molecule has 1 spiro atoms. The molecule has 0 aromatic carbocycles. The van der Waals surface area contributed by atoms with Crippen LogP contribution in [0.25, 0.3) is 0 Å². The molecule has 1 aromatic heterocycles. The second-order valence-corrected chi connectivity index (χ2v) is 13.9. The van der Waals surface area contributed by atoms with E-state index in [1.807, 2.05) is 6.07 Å². The van der Waals surface area contributed by atoms with E-state index >= 15 is 0 Å². The first-order valence-electron chi connectivity index (χ1n) is 8.31. The Labute approximate surface area is 146 Å². The van der Waals surface area contributed by atoms with Gasteiger partial charge in [-0.3, -0.25) is 4.90 Å². The highest BCUT2D eigenvalue weighted by molar-refractivity contribution is 9.10. The van der Waals surface area contributed by atoms with Crippen molar-refractivity contribution in [2.45, 2.75) is 38.1 Å². The van der Waals surface area contributed by atoms with Crippen LogP contribution in [0.3, 0.4) is 0 Å². The van der Waals surface area contributed by atoms with Gasteiger partial charge in [0.25, 0.3) is 0 Å². The molecule has 0 unspecified atom stereocenters. The van der Waals surface area contributed by atoms with Gasteiger partial charge in [-0.15, -0.1) is 0 Å². The molecule has 5 rings (SSSR count). The van der Waals surface area contributed by atoms with Crippen molar-refractivity contribution in [1.29, 1.82) is 0 Å². The van der Waals surface area contributed by atoms with Gasteiger partial charge in [0.05, 0.1) is 16.4 Å². The monoisotopic (exact) mass is 398 g/mol. The Morgan fingerprint density at radius 1 is 1.26 bits per heavy atom. The van der Waals surface area contributed by atoms with Gasteiger partial charge in [0.1, 0.15) is 13.7 Å². The third kappa shape index (κ3) is 2.48. The van der Waals surface area contributed by atoms with E-state index in [9.17, 15) is 4.79 Å². The average molecular weight is 399 g/mol. The highest BCUT2D eigenvalue weighted by Gasteiger charge is 2.56. The van der Waals surface area contributed by atoms with Crippen molar-refractivity contribution in [2.75, 3.05) is 31.1 Å². The fourth-order valence-corrected chi connectivity index (χ4v) is 7.44. The lowest BCUT2D eigenvalue weighted by molar-refractivity contribution is -0.0881. The van der Waals surface area contributed by atoms with Crippen LogP contribution < -0.4 is 10.3 Å². The maximum absolute atomic E-state index is 12.5. The lowest BCUT2D eigenvalue weighted by Crippen LogP contribution is -2.61. The number of anilines is 1. The molecule has 2 bridgehead atoms. The van der Waals surface area contributed by atoms with Crippen molar-refractivity contribution in [3.8, 4) is 0 Å². The maximum atomic E-state index is 12.5. The molecule has 1 aromatic rings. The van der Waals surface area contributed by atoms with Crippen LogP contribution in [0.4, 0.5) is 10.7 Å². The van der Waals surface area contributed by atoms with E-state index < -0.39 is 8.07 Å². The second kappa shape index (κ2) is 5.10. The molecule has 1 atom stereocenters. The van der Waals surface area contributed by atoms with Crippen molar-refractivity contribution in [1.82, 2.24) is 4.90 Å². The standard InChI is InChI=1S/C16H23BrN2O3Si/c1-23(2,3)14-12(17)8-13(21-14)19-10-16(22-15(19)20)9-18-6-4-11(16)5-7-18/h8,11H,4-7,9-10H2,1-3H3/t16-/m1/s1. The molecule has 0 saturated carbocycles. The summed E-state index contributed by atoms with van der Waals surface area (Å²) in [5.41, 5.74) is -0.341. The number of carbonyl (C=O) groups excluding carboxylic acids is 1. The van der Waals surface area contributed by atoms with E-state index in [-0.39, 0.29) is 11.7 Å². The van der Waals surface area contributed by atoms with Gasteiger partial charge < -0.3 is 9.15 Å². The lowest BCUT2D eigenvalue weighted by Gasteiger charge is -2.49. The highest BCUT2D eigenvalue weighted by Crippen LogP contribution is 2.43. The predicted octanol–water partition coefficient (Wildman–Crippen LogP) is 3.01. The maximum Gasteiger partial charge on any atom is 0.417 e. The van der Waals surface area contributed by atoms with Gasteiger partial charge in [0.15, 0.2) is 0 Å². The van der Waals surface area contributed by atoms with Crippen LogP contribution in [0.2, 0.25) is 19.6 Å². The Hall–Kier alpha value is -0.793. The third-order valence-electron chi connectivity index (χ3n) is 5.38. The summed E-state index contributed by atoms with van der Waals surface area (Å²) in [4.78, 5) is 16.6. The van der Waals surface area contributed by atoms with Crippen molar-refractivity contribution in [3.63, 3.8) is 0 Å². The summed E-state index contributed by atoms with van der Waals surface area (Å²) >= 11 is 3.59. The summed E-state index contributed by atoms with van der Waals surface area (Å²) in [6.07, 6.45) is 1.99. The zero-order valence-electron chi connectivity index (χ0n) is 13.9. The fourth-order valence-electron chi connectivity index (χ4n) is 4.18. The van der Waals surface area contributed by atoms with Gasteiger partial charge >= 0.3 is 6.09 Å². The van der Waals surface area contributed by atoms with Crippen molar-refractivity contribution in [3.05, 3.63) is 10.5 Å². The highest BCUT2D eigenvalue weighted by atomic mass is 79.9. The normalized spacial score (nSPS) is 33.6. The molecule has 0 radical (unpaired) electrons. The number of hydrogen-bond donors (Lipinski definition) is 0. The van der Waals surface area contributed by atoms with E-state index in [0.717, 1.165) is 42.3 Å². The number of rotatable bonds is 2. The number of carbonyl (C=O) groups is 1. The van der Waals surface area contributed by atoms with E-state index in [4.69, 9.17) is 9.15 Å². The Kier molecular flexibility index (Phi) is 3.49. The van der Waals surface area contributed by atoms with Gasteiger partial charge in [-0.1, -0.05) is 19.6 Å². The van der Waals surface area contributed by atoms with E-state index in [0.29, 0.717) is 18.3 Å². The Balaban J connectivity index is 1.63. The lowest BCUT2D eigenvalue weighted by atomic mass is 9.75. The van der Waals surface area contributed by atoms with Gasteiger partial charge in [0, 0.05) is 18.5 Å². The van der Waals surface area contributed by atoms with Crippen molar-refractivity contribution >= 4 is 41.4 Å². The SMILES string of the molecule is C[Si](C)(C)c1oc(N2C[C@@]3(CN4CCC3CC4)OC2=O)cc1Br. The molecular weight excluding hydrogens is 376 g/mol. The molecule has 4 aliphatic rings. The molecule has 126 valence electrons. The molecule has 23 heavy (non-hydrogen) atoms. The van der Waals surface area contributed by atoms with Crippen LogP contribution in [0.15, 0.2) is 15.0 Å². The van der Waals surface area contributed by atoms with E-state index in [1.54, 1.807) is 4.90 Å². The minimum Gasteiger partial charge on any atom is -0.449 e. The molecule has 0 N–H and O–H groups in total. The molecule has 4 fully saturated rings. The molecule has 5 heterocycles. The van der Waals surface area contributed by atoms with Crippen LogP contribution in [0, 0.1) is 5.92 Å². The first kappa shape index (κ1) is 15.7. The van der Waals surface area contributed by atoms with Crippen LogP contribution in [-0.2, 0) is 4.74 Å². The summed E-state index contributed by atoms with van der Waals surface area (Å²) in [5.74, 6) is 1.10. The Bertz CT molecular complexity index is 648. The Morgan fingerprint density at radius 2 is 1.96 bits per heavy atom. The molecule has 4 aliphatic heterocycles. The summed E-state index contributed by atoms with van der Waals surface area (Å²) in [6, 6.07) is 1.93. The molecule has 0 aliphatic carbocycles. The van der Waals surface area contributed by atoms with Crippen molar-refractivity contribution in [2.24, 2.45) is 5.92 Å². The number of halogens is 1. The zero-order valence-corrected chi connectivity index (χ0v) is 16.5. The molecule has 7 heteroatoms. The summed E-state index contributed by atoms with van der Waals surface area (Å²) in [6.45, 7) is 10.4. The zero-order chi connectivity index (χ0) is 16.4. The molecule has 4 saturated heterocycles. The number of ether oxygens (including phenoxy) is 1. The van der Waals surface area contributed by atoms with Gasteiger partial charge in [0.2, 0.25) is 5.88 Å². The summed E-state index contributed by atoms with van der Waals surface area (Å²) < 4.78 is 12.9. The van der Waals surface area contributed by atoms with E-state index in [2.05, 4.69) is 40.5 Å². The van der Waals surface area contributed by atoms with Gasteiger partial charge in [-0.25, -0.2) is 9.69 Å². The third-order valence-corrected chi connectivity index (χ3v) is 8.07. The summed E-state index contributed by atoms with van der Waals surface area (Å²) in [7, 11) is -1.59. The van der Waals surface area contributed by atoms with E-state index in [1.165, 1.54) is 0 Å². The smallest absolute Gasteiger partial charge is 0.417 e. The summed E-state index contributed by atoms with van der Waals surface area (Å²) in [5, 5.41) is 0.996. The Morgan fingerprint density at radius 3 is 2.48 bits per heavy atom. The number of fused-ring (bicyclic) bond motifs is 2. The van der Waals surface area contributed by atoms with Crippen molar-refractivity contribution < 1.29 is 13.9 Å². The van der Waals surface area contributed by atoms with Gasteiger partial charge in [-0.2, -0.15) is 0 Å². The van der Waals surface area contributed by atoms with Gasteiger partial charge in [-0.05, 0) is 41.9 Å². The number of piperidine rings is 3. The molecule has 5 nitrogen and oxygen atoms in total. The topological polar surface area (TPSA) is 45.9 Å². The number of amides is 1. The molecular formula is C16H23BrN2O3Si. The minimum absolute atomic E-state index is 0.262. The average Bonchev–Trinajstić information content (AvgIpc) is 3.01. The number of nitrogens with zero attached hydrogens (tertiary/aromatic N) is 2. The first-order valence-corrected chi connectivity index (χ1v) is 12.6. The number of hydrogen-bond acceptors (Lipinski definition) is 4. The molecule has 1 amide bonds. The first-order chi connectivity index (χ1) is 10.8. The fraction of sp³-hybridized carbons (Fsp3) is 0.688. The van der Waals surface area contributed by atoms with Crippen LogP contribution in [-0.4, -0.2) is 50.8 Å². The second-order valence-electron chi connectivity index (χ2n) is 8.08. The minimum atomic E-state index is -1.59. The van der Waals surface area contributed by atoms with Crippen LogP contribution in [0.1, 0.15) is 12.8 Å². The van der Waals surface area contributed by atoms with Crippen LogP contribution >= 0.6 is 15.9 Å². The quantitative estimate of drug-likeness (QED) is 0.718. The van der Waals surface area contributed by atoms with Crippen LogP contribution in [0.5, 0.6) is 0 Å². The number of furan rings is 1.